The Morgan fingerprint density at radius 2 is 1.75 bits per heavy atom. The number of carbonyl (C=O) groups is 1. The SMILES string of the molecule is COCc1ccccc1C=C(C(=O)O)c1ccccc1. The molecule has 0 aliphatic rings. The molecule has 3 heteroatoms. The highest BCUT2D eigenvalue weighted by Gasteiger charge is 2.11. The summed E-state index contributed by atoms with van der Waals surface area (Å²) in [6.45, 7) is 0.453. The first-order valence-electron chi connectivity index (χ1n) is 6.29. The van der Waals surface area contributed by atoms with Crippen LogP contribution < -0.4 is 0 Å². The van der Waals surface area contributed by atoms with Crippen LogP contribution in [0.15, 0.2) is 54.6 Å². The third-order valence-electron chi connectivity index (χ3n) is 2.97. The molecule has 102 valence electrons. The van der Waals surface area contributed by atoms with Gasteiger partial charge in [0.05, 0.1) is 12.2 Å². The Morgan fingerprint density at radius 1 is 1.10 bits per heavy atom. The lowest BCUT2D eigenvalue weighted by Crippen LogP contribution is -2.00. The number of carboxylic acid groups (broad SMARTS) is 1. The molecular formula is C17H16O3. The molecule has 0 aliphatic heterocycles. The maximum absolute atomic E-state index is 11.5. The molecule has 1 N–H and O–H groups in total. The highest BCUT2D eigenvalue weighted by Crippen LogP contribution is 2.21. The molecule has 0 aromatic heterocycles. The van der Waals surface area contributed by atoms with E-state index in [1.165, 1.54) is 0 Å². The number of rotatable bonds is 5. The second-order valence-corrected chi connectivity index (χ2v) is 4.36. The number of methoxy groups -OCH3 is 1. The van der Waals surface area contributed by atoms with Crippen molar-refractivity contribution < 1.29 is 14.6 Å². The van der Waals surface area contributed by atoms with E-state index in [0.29, 0.717) is 12.2 Å². The van der Waals surface area contributed by atoms with Crippen molar-refractivity contribution in [3.05, 3.63) is 71.3 Å². The number of aliphatic carboxylic acids is 1. The van der Waals surface area contributed by atoms with Gasteiger partial charge in [0.25, 0.3) is 0 Å². The fraction of sp³-hybridized carbons (Fsp3) is 0.118. The molecule has 0 heterocycles. The first kappa shape index (κ1) is 14.0. The van der Waals surface area contributed by atoms with Crippen LogP contribution in [-0.2, 0) is 16.1 Å². The lowest BCUT2D eigenvalue weighted by molar-refractivity contribution is -0.130. The van der Waals surface area contributed by atoms with Crippen LogP contribution in [0.3, 0.4) is 0 Å². The Balaban J connectivity index is 2.47. The van der Waals surface area contributed by atoms with Gasteiger partial charge in [0.2, 0.25) is 0 Å². The van der Waals surface area contributed by atoms with Crippen molar-refractivity contribution in [1.82, 2.24) is 0 Å². The molecule has 0 spiro atoms. The van der Waals surface area contributed by atoms with E-state index in [2.05, 4.69) is 0 Å². The second kappa shape index (κ2) is 6.68. The quantitative estimate of drug-likeness (QED) is 0.667. The second-order valence-electron chi connectivity index (χ2n) is 4.36. The van der Waals surface area contributed by atoms with Gasteiger partial charge in [-0.1, -0.05) is 54.6 Å². The van der Waals surface area contributed by atoms with Gasteiger partial charge in [-0.3, -0.25) is 0 Å². The van der Waals surface area contributed by atoms with Gasteiger partial charge in [0, 0.05) is 7.11 Å². The van der Waals surface area contributed by atoms with E-state index in [0.717, 1.165) is 11.1 Å². The zero-order chi connectivity index (χ0) is 14.4. The molecule has 0 radical (unpaired) electrons. The average Bonchev–Trinajstić information content (AvgIpc) is 2.47. The molecule has 2 rings (SSSR count). The van der Waals surface area contributed by atoms with Gasteiger partial charge in [-0.25, -0.2) is 4.79 Å². The monoisotopic (exact) mass is 268 g/mol. The van der Waals surface area contributed by atoms with Crippen molar-refractivity contribution in [2.24, 2.45) is 0 Å². The summed E-state index contributed by atoms with van der Waals surface area (Å²) in [5.74, 6) is -0.941. The normalized spacial score (nSPS) is 11.3. The summed E-state index contributed by atoms with van der Waals surface area (Å²) in [7, 11) is 1.62. The number of hydrogen-bond donors (Lipinski definition) is 1. The minimum Gasteiger partial charge on any atom is -0.478 e. The summed E-state index contributed by atoms with van der Waals surface area (Å²) < 4.78 is 5.14. The van der Waals surface area contributed by atoms with E-state index in [1.54, 1.807) is 25.3 Å². The highest BCUT2D eigenvalue weighted by atomic mass is 16.5. The predicted molar refractivity (Wildman–Crippen MR) is 79.1 cm³/mol. The standard InChI is InChI=1S/C17H16O3/c1-20-12-15-10-6-5-9-14(15)11-16(17(18)19)13-7-3-2-4-8-13/h2-11H,12H2,1H3,(H,18,19). The van der Waals surface area contributed by atoms with Crippen molar-refractivity contribution in [1.29, 1.82) is 0 Å². The number of ether oxygens (including phenoxy) is 1. The summed E-state index contributed by atoms with van der Waals surface area (Å²) in [6, 6.07) is 16.7. The number of carboxylic acids is 1. The summed E-state index contributed by atoms with van der Waals surface area (Å²) in [6.07, 6.45) is 1.69. The molecule has 0 aliphatic carbocycles. The van der Waals surface area contributed by atoms with Gasteiger partial charge in [-0.2, -0.15) is 0 Å². The van der Waals surface area contributed by atoms with E-state index in [1.807, 2.05) is 42.5 Å². The predicted octanol–water partition coefficient (Wildman–Crippen LogP) is 3.46. The Morgan fingerprint density at radius 3 is 2.40 bits per heavy atom. The van der Waals surface area contributed by atoms with Gasteiger partial charge in [-0.05, 0) is 22.8 Å². The topological polar surface area (TPSA) is 46.5 Å². The highest BCUT2D eigenvalue weighted by molar-refractivity contribution is 6.20. The van der Waals surface area contributed by atoms with Crippen LogP contribution >= 0.6 is 0 Å². The van der Waals surface area contributed by atoms with Gasteiger partial charge in [0.15, 0.2) is 0 Å². The molecule has 0 atom stereocenters. The maximum atomic E-state index is 11.5. The van der Waals surface area contributed by atoms with Gasteiger partial charge < -0.3 is 9.84 Å². The average molecular weight is 268 g/mol. The minimum absolute atomic E-state index is 0.272. The lowest BCUT2D eigenvalue weighted by atomic mass is 10.0. The molecule has 0 fully saturated rings. The first-order chi connectivity index (χ1) is 9.72. The van der Waals surface area contributed by atoms with Crippen LogP contribution in [-0.4, -0.2) is 18.2 Å². The molecule has 0 unspecified atom stereocenters. The molecule has 0 amide bonds. The molecule has 0 saturated heterocycles. The largest absolute Gasteiger partial charge is 0.478 e. The van der Waals surface area contributed by atoms with Crippen LogP contribution in [0.4, 0.5) is 0 Å². The third-order valence-corrected chi connectivity index (χ3v) is 2.97. The third kappa shape index (κ3) is 3.33. The minimum atomic E-state index is -0.941. The molecule has 2 aromatic rings. The molecular weight excluding hydrogens is 252 g/mol. The maximum Gasteiger partial charge on any atom is 0.336 e. The number of hydrogen-bond acceptors (Lipinski definition) is 2. The first-order valence-corrected chi connectivity index (χ1v) is 6.29. The van der Waals surface area contributed by atoms with E-state index >= 15 is 0 Å². The Bertz CT molecular complexity index is 615. The number of benzene rings is 2. The van der Waals surface area contributed by atoms with Crippen LogP contribution in [0.2, 0.25) is 0 Å². The van der Waals surface area contributed by atoms with Crippen LogP contribution in [0.1, 0.15) is 16.7 Å². The molecule has 3 nitrogen and oxygen atoms in total. The Labute approximate surface area is 118 Å². The fourth-order valence-corrected chi connectivity index (χ4v) is 2.00. The Hall–Kier alpha value is -2.39. The van der Waals surface area contributed by atoms with E-state index < -0.39 is 5.97 Å². The molecule has 20 heavy (non-hydrogen) atoms. The summed E-state index contributed by atoms with van der Waals surface area (Å²) in [4.78, 5) is 11.5. The van der Waals surface area contributed by atoms with Crippen molar-refractivity contribution in [3.63, 3.8) is 0 Å². The van der Waals surface area contributed by atoms with Crippen LogP contribution in [0.25, 0.3) is 11.6 Å². The van der Waals surface area contributed by atoms with E-state index in [-0.39, 0.29) is 5.57 Å². The molecule has 0 saturated carbocycles. The lowest BCUT2D eigenvalue weighted by Gasteiger charge is -2.07. The molecule has 0 bridgehead atoms. The fourth-order valence-electron chi connectivity index (χ4n) is 2.00. The van der Waals surface area contributed by atoms with Crippen molar-refractivity contribution in [3.8, 4) is 0 Å². The van der Waals surface area contributed by atoms with Crippen LogP contribution in [0, 0.1) is 0 Å². The summed E-state index contributed by atoms with van der Waals surface area (Å²) in [5.41, 5.74) is 2.78. The van der Waals surface area contributed by atoms with E-state index in [9.17, 15) is 9.90 Å². The zero-order valence-electron chi connectivity index (χ0n) is 11.2. The summed E-state index contributed by atoms with van der Waals surface area (Å²) in [5, 5.41) is 9.41. The summed E-state index contributed by atoms with van der Waals surface area (Å²) >= 11 is 0. The van der Waals surface area contributed by atoms with Gasteiger partial charge >= 0.3 is 5.97 Å². The smallest absolute Gasteiger partial charge is 0.336 e. The zero-order valence-corrected chi connectivity index (χ0v) is 11.2. The van der Waals surface area contributed by atoms with Gasteiger partial charge in [-0.15, -0.1) is 0 Å². The van der Waals surface area contributed by atoms with Gasteiger partial charge in [0.1, 0.15) is 0 Å². The Kier molecular flexibility index (Phi) is 4.69. The van der Waals surface area contributed by atoms with Crippen molar-refractivity contribution >= 4 is 17.6 Å². The van der Waals surface area contributed by atoms with Crippen LogP contribution in [0.5, 0.6) is 0 Å². The molecule has 2 aromatic carbocycles. The van der Waals surface area contributed by atoms with Crippen molar-refractivity contribution in [2.45, 2.75) is 6.61 Å². The van der Waals surface area contributed by atoms with E-state index in [4.69, 9.17) is 4.74 Å². The van der Waals surface area contributed by atoms with Crippen molar-refractivity contribution in [2.75, 3.05) is 7.11 Å².